The fraction of sp³-hybridized carbons (Fsp3) is 0.364. The Bertz CT molecular complexity index is 837. The zero-order valence-corrected chi connectivity index (χ0v) is 15.2. The SMILES string of the molecule is N#Cc1ccc(C(=O)c2ccc(CN3CCC4(CC3)OCCO4)cc2)cc1. The summed E-state index contributed by atoms with van der Waals surface area (Å²) in [5, 5.41) is 8.86. The zero-order valence-electron chi connectivity index (χ0n) is 15.2. The van der Waals surface area contributed by atoms with E-state index in [1.807, 2.05) is 24.3 Å². The monoisotopic (exact) mass is 362 g/mol. The van der Waals surface area contributed by atoms with Crippen LogP contribution >= 0.6 is 0 Å². The topological polar surface area (TPSA) is 62.6 Å². The lowest BCUT2D eigenvalue weighted by Gasteiger charge is -2.37. The molecule has 5 nitrogen and oxygen atoms in total. The Balaban J connectivity index is 1.36. The average Bonchev–Trinajstić information content (AvgIpc) is 3.18. The van der Waals surface area contributed by atoms with Crippen molar-refractivity contribution in [2.75, 3.05) is 26.3 Å². The van der Waals surface area contributed by atoms with Gasteiger partial charge in [0.1, 0.15) is 0 Å². The van der Waals surface area contributed by atoms with E-state index in [1.165, 1.54) is 5.56 Å². The van der Waals surface area contributed by atoms with E-state index in [0.29, 0.717) is 29.9 Å². The lowest BCUT2D eigenvalue weighted by atomic mass is 10.00. The molecular formula is C22H22N2O3. The summed E-state index contributed by atoms with van der Waals surface area (Å²) in [7, 11) is 0. The van der Waals surface area contributed by atoms with Gasteiger partial charge in [0.05, 0.1) is 24.8 Å². The van der Waals surface area contributed by atoms with Crippen molar-refractivity contribution in [2.24, 2.45) is 0 Å². The van der Waals surface area contributed by atoms with E-state index in [9.17, 15) is 4.79 Å². The van der Waals surface area contributed by atoms with Gasteiger partial charge >= 0.3 is 0 Å². The molecule has 0 unspecified atom stereocenters. The number of carbonyl (C=O) groups excluding carboxylic acids is 1. The van der Waals surface area contributed by atoms with Crippen LogP contribution in [0.15, 0.2) is 48.5 Å². The summed E-state index contributed by atoms with van der Waals surface area (Å²) in [5.41, 5.74) is 3.00. The molecule has 0 radical (unpaired) electrons. The molecule has 4 rings (SSSR count). The second-order valence-electron chi connectivity index (χ2n) is 7.10. The van der Waals surface area contributed by atoms with E-state index in [-0.39, 0.29) is 11.6 Å². The first-order chi connectivity index (χ1) is 13.2. The van der Waals surface area contributed by atoms with Gasteiger partial charge in [-0.1, -0.05) is 24.3 Å². The molecule has 2 aromatic rings. The minimum Gasteiger partial charge on any atom is -0.347 e. The minimum absolute atomic E-state index is 0.0264. The second-order valence-corrected chi connectivity index (χ2v) is 7.10. The Morgan fingerprint density at radius 3 is 2.07 bits per heavy atom. The van der Waals surface area contributed by atoms with Gasteiger partial charge in [-0.3, -0.25) is 9.69 Å². The number of piperidine rings is 1. The molecule has 0 saturated carbocycles. The van der Waals surface area contributed by atoms with Crippen LogP contribution in [0.2, 0.25) is 0 Å². The van der Waals surface area contributed by atoms with Gasteiger partial charge in [-0.25, -0.2) is 0 Å². The number of rotatable bonds is 4. The number of benzene rings is 2. The first kappa shape index (κ1) is 17.9. The minimum atomic E-state index is -0.339. The fourth-order valence-corrected chi connectivity index (χ4v) is 3.72. The maximum atomic E-state index is 12.6. The first-order valence-corrected chi connectivity index (χ1v) is 9.32. The van der Waals surface area contributed by atoms with Crippen LogP contribution in [0.1, 0.15) is 39.9 Å². The highest BCUT2D eigenvalue weighted by Crippen LogP contribution is 2.31. The van der Waals surface area contributed by atoms with Gasteiger partial charge in [-0.2, -0.15) is 5.26 Å². The van der Waals surface area contributed by atoms with Crippen molar-refractivity contribution in [1.82, 2.24) is 4.90 Å². The number of hydrogen-bond acceptors (Lipinski definition) is 5. The number of ether oxygens (including phenoxy) is 2. The van der Waals surface area contributed by atoms with Gasteiger partial charge in [0.15, 0.2) is 11.6 Å². The summed E-state index contributed by atoms with van der Waals surface area (Å²) in [6.45, 7) is 4.17. The lowest BCUT2D eigenvalue weighted by molar-refractivity contribution is -0.185. The third-order valence-electron chi connectivity index (χ3n) is 5.33. The molecule has 0 atom stereocenters. The van der Waals surface area contributed by atoms with Crippen molar-refractivity contribution in [3.05, 3.63) is 70.8 Å². The van der Waals surface area contributed by atoms with Crippen LogP contribution in [0.5, 0.6) is 0 Å². The maximum absolute atomic E-state index is 12.6. The molecule has 2 aliphatic heterocycles. The Morgan fingerprint density at radius 1 is 0.963 bits per heavy atom. The van der Waals surface area contributed by atoms with Crippen LogP contribution in [0.25, 0.3) is 0 Å². The molecule has 0 amide bonds. The van der Waals surface area contributed by atoms with Crippen molar-refractivity contribution in [1.29, 1.82) is 5.26 Å². The molecular weight excluding hydrogens is 340 g/mol. The lowest BCUT2D eigenvalue weighted by Crippen LogP contribution is -2.44. The highest BCUT2D eigenvalue weighted by Gasteiger charge is 2.39. The van der Waals surface area contributed by atoms with Gasteiger partial charge in [-0.15, -0.1) is 0 Å². The van der Waals surface area contributed by atoms with Crippen LogP contribution in [0, 0.1) is 11.3 Å². The molecule has 2 aliphatic rings. The Kier molecular flexibility index (Phi) is 5.04. The van der Waals surface area contributed by atoms with Gasteiger partial charge in [0.2, 0.25) is 0 Å². The predicted octanol–water partition coefficient (Wildman–Crippen LogP) is 3.13. The number of ketones is 1. The third-order valence-corrected chi connectivity index (χ3v) is 5.33. The van der Waals surface area contributed by atoms with E-state index in [2.05, 4.69) is 11.0 Å². The van der Waals surface area contributed by atoms with Crippen LogP contribution in [-0.4, -0.2) is 42.8 Å². The van der Waals surface area contributed by atoms with Crippen molar-refractivity contribution >= 4 is 5.78 Å². The Hall–Kier alpha value is -2.52. The fourth-order valence-electron chi connectivity index (χ4n) is 3.72. The quantitative estimate of drug-likeness (QED) is 0.782. The van der Waals surface area contributed by atoms with Crippen molar-refractivity contribution in [3.63, 3.8) is 0 Å². The molecule has 2 aromatic carbocycles. The number of carbonyl (C=O) groups is 1. The number of nitriles is 1. The summed E-state index contributed by atoms with van der Waals surface area (Å²) in [5.74, 6) is -0.366. The molecule has 27 heavy (non-hydrogen) atoms. The van der Waals surface area contributed by atoms with Gasteiger partial charge in [0, 0.05) is 43.6 Å². The molecule has 138 valence electrons. The number of nitrogens with zero attached hydrogens (tertiary/aromatic N) is 2. The van der Waals surface area contributed by atoms with Crippen LogP contribution in [0.3, 0.4) is 0 Å². The molecule has 0 aliphatic carbocycles. The van der Waals surface area contributed by atoms with E-state index in [0.717, 1.165) is 32.5 Å². The molecule has 0 aromatic heterocycles. The summed E-state index contributed by atoms with van der Waals surface area (Å²) in [4.78, 5) is 15.0. The predicted molar refractivity (Wildman–Crippen MR) is 100 cm³/mol. The number of likely N-dealkylation sites (tertiary alicyclic amines) is 1. The van der Waals surface area contributed by atoms with Crippen molar-refractivity contribution < 1.29 is 14.3 Å². The zero-order chi connectivity index (χ0) is 18.7. The maximum Gasteiger partial charge on any atom is 0.193 e. The Morgan fingerprint density at radius 2 is 1.52 bits per heavy atom. The van der Waals surface area contributed by atoms with E-state index < -0.39 is 0 Å². The largest absolute Gasteiger partial charge is 0.347 e. The van der Waals surface area contributed by atoms with Crippen molar-refractivity contribution in [3.8, 4) is 6.07 Å². The molecule has 2 heterocycles. The van der Waals surface area contributed by atoms with Crippen LogP contribution in [0.4, 0.5) is 0 Å². The van der Waals surface area contributed by atoms with E-state index in [4.69, 9.17) is 14.7 Å². The smallest absolute Gasteiger partial charge is 0.193 e. The highest BCUT2D eigenvalue weighted by atomic mass is 16.7. The van der Waals surface area contributed by atoms with Crippen LogP contribution < -0.4 is 0 Å². The summed E-state index contributed by atoms with van der Waals surface area (Å²) >= 11 is 0. The molecule has 1 spiro atoms. The third kappa shape index (κ3) is 3.93. The Labute approximate surface area is 159 Å². The van der Waals surface area contributed by atoms with Crippen LogP contribution in [-0.2, 0) is 16.0 Å². The first-order valence-electron chi connectivity index (χ1n) is 9.32. The molecule has 2 saturated heterocycles. The van der Waals surface area contributed by atoms with Gasteiger partial charge in [0.25, 0.3) is 0 Å². The van der Waals surface area contributed by atoms with Gasteiger partial charge < -0.3 is 9.47 Å². The average molecular weight is 362 g/mol. The van der Waals surface area contributed by atoms with E-state index in [1.54, 1.807) is 24.3 Å². The summed E-state index contributed by atoms with van der Waals surface area (Å²) in [6, 6.07) is 16.6. The molecule has 0 N–H and O–H groups in total. The molecule has 0 bridgehead atoms. The van der Waals surface area contributed by atoms with Crippen molar-refractivity contribution in [2.45, 2.75) is 25.2 Å². The normalized spacial score (nSPS) is 19.1. The number of hydrogen-bond donors (Lipinski definition) is 0. The standard InChI is InChI=1S/C22H22N2O3/c23-15-17-1-5-19(6-2-17)21(25)20-7-3-18(4-8-20)16-24-11-9-22(10-12-24)26-13-14-27-22/h1-8H,9-14,16H2. The highest BCUT2D eigenvalue weighted by molar-refractivity contribution is 6.09. The van der Waals surface area contributed by atoms with Gasteiger partial charge in [-0.05, 0) is 29.8 Å². The molecule has 2 fully saturated rings. The molecule has 5 heteroatoms. The summed E-state index contributed by atoms with van der Waals surface area (Å²) < 4.78 is 11.5. The second kappa shape index (κ2) is 7.61. The van der Waals surface area contributed by atoms with E-state index >= 15 is 0 Å². The summed E-state index contributed by atoms with van der Waals surface area (Å²) in [6.07, 6.45) is 1.81.